The molecule has 1 rings (SSSR count). The van der Waals surface area contributed by atoms with Gasteiger partial charge < -0.3 is 5.11 Å². The lowest BCUT2D eigenvalue weighted by Crippen LogP contribution is -1.95. The van der Waals surface area contributed by atoms with Gasteiger partial charge in [-0.1, -0.05) is 0 Å². The summed E-state index contributed by atoms with van der Waals surface area (Å²) in [6.45, 7) is 1.33. The maximum Gasteiger partial charge on any atom is 0.267 e. The maximum atomic E-state index is 12.4. The fourth-order valence-corrected chi connectivity index (χ4v) is 0.858. The normalized spacial score (nSPS) is 10.8. The molecule has 1 N–H and O–H groups in total. The summed E-state index contributed by atoms with van der Waals surface area (Å²) in [7, 11) is 0. The minimum absolute atomic E-state index is 0.0731. The Hall–Kier alpha value is -1.26. The molecule has 0 bridgehead atoms. The largest absolute Gasteiger partial charge is 0.503 e. The smallest absolute Gasteiger partial charge is 0.267 e. The van der Waals surface area contributed by atoms with E-state index >= 15 is 0 Å². The predicted octanol–water partition coefficient (Wildman–Crippen LogP) is 2.17. The van der Waals surface area contributed by atoms with Gasteiger partial charge in [0.25, 0.3) is 12.4 Å². The first-order valence-corrected chi connectivity index (χ1v) is 3.16. The molecule has 66 valence electrons. The molecule has 0 aliphatic rings. The van der Waals surface area contributed by atoms with E-state index in [1.54, 1.807) is 0 Å². The third kappa shape index (κ3) is 1.34. The molecular weight excluding hydrogens is 171 g/mol. The Morgan fingerprint density at radius 3 is 2.50 bits per heavy atom. The molecule has 12 heavy (non-hydrogen) atoms. The van der Waals surface area contributed by atoms with E-state index < -0.39 is 23.7 Å². The van der Waals surface area contributed by atoms with E-state index in [-0.39, 0.29) is 5.56 Å². The van der Waals surface area contributed by atoms with E-state index in [2.05, 4.69) is 4.98 Å². The number of rotatable bonds is 1. The summed E-state index contributed by atoms with van der Waals surface area (Å²) >= 11 is 0. The topological polar surface area (TPSA) is 33.1 Å². The highest BCUT2D eigenvalue weighted by Crippen LogP contribution is 2.31. The van der Waals surface area contributed by atoms with Crippen molar-refractivity contribution in [3.05, 3.63) is 23.3 Å². The molecule has 1 aromatic heterocycles. The standard InChI is InChI=1S/C7H6F3NO/c1-3-2-11-7(10)5(12)4(3)6(8)9/h2,6,12H,1H3. The van der Waals surface area contributed by atoms with Crippen molar-refractivity contribution in [3.8, 4) is 5.75 Å². The molecule has 0 aromatic carbocycles. The van der Waals surface area contributed by atoms with Gasteiger partial charge in [-0.2, -0.15) is 4.39 Å². The van der Waals surface area contributed by atoms with Crippen LogP contribution in [0.3, 0.4) is 0 Å². The molecule has 1 aromatic rings. The lowest BCUT2D eigenvalue weighted by Gasteiger charge is -2.06. The molecule has 0 saturated carbocycles. The molecule has 0 atom stereocenters. The van der Waals surface area contributed by atoms with Crippen molar-refractivity contribution in [2.24, 2.45) is 0 Å². The first-order chi connectivity index (χ1) is 5.54. The van der Waals surface area contributed by atoms with Crippen LogP contribution in [-0.4, -0.2) is 10.1 Å². The van der Waals surface area contributed by atoms with Crippen molar-refractivity contribution < 1.29 is 18.3 Å². The van der Waals surface area contributed by atoms with Gasteiger partial charge in [-0.15, -0.1) is 0 Å². The number of aromatic nitrogens is 1. The molecule has 5 heteroatoms. The van der Waals surface area contributed by atoms with Gasteiger partial charge in [0, 0.05) is 6.20 Å². The second-order valence-corrected chi connectivity index (χ2v) is 2.29. The highest BCUT2D eigenvalue weighted by atomic mass is 19.3. The van der Waals surface area contributed by atoms with E-state index in [0.29, 0.717) is 0 Å². The molecule has 0 amide bonds. The van der Waals surface area contributed by atoms with Crippen LogP contribution in [0.1, 0.15) is 17.6 Å². The van der Waals surface area contributed by atoms with Gasteiger partial charge in [-0.3, -0.25) is 0 Å². The maximum absolute atomic E-state index is 12.4. The van der Waals surface area contributed by atoms with E-state index in [1.807, 2.05) is 0 Å². The van der Waals surface area contributed by atoms with Gasteiger partial charge in [0.2, 0.25) is 0 Å². The molecule has 1 heterocycles. The van der Waals surface area contributed by atoms with E-state index in [4.69, 9.17) is 5.11 Å². The summed E-state index contributed by atoms with van der Waals surface area (Å²) in [5.41, 5.74) is -0.619. The average Bonchev–Trinajstić information content (AvgIpc) is 1.97. The summed E-state index contributed by atoms with van der Waals surface area (Å²) in [6, 6.07) is 0. The molecule has 0 saturated heterocycles. The van der Waals surface area contributed by atoms with Crippen LogP contribution >= 0.6 is 0 Å². The Morgan fingerprint density at radius 2 is 2.08 bits per heavy atom. The summed E-state index contributed by atoms with van der Waals surface area (Å²) in [4.78, 5) is 3.07. The minimum atomic E-state index is -2.89. The Morgan fingerprint density at radius 1 is 1.50 bits per heavy atom. The van der Waals surface area contributed by atoms with Gasteiger partial charge in [0.15, 0.2) is 5.75 Å². The molecule has 0 radical (unpaired) electrons. The molecule has 2 nitrogen and oxygen atoms in total. The van der Waals surface area contributed by atoms with Gasteiger partial charge in [0.05, 0.1) is 5.56 Å². The lowest BCUT2D eigenvalue weighted by atomic mass is 10.1. The fourth-order valence-electron chi connectivity index (χ4n) is 0.858. The van der Waals surface area contributed by atoms with Gasteiger partial charge >= 0.3 is 0 Å². The lowest BCUT2D eigenvalue weighted by molar-refractivity contribution is 0.145. The second kappa shape index (κ2) is 3.00. The summed E-state index contributed by atoms with van der Waals surface area (Å²) in [6.07, 6.45) is -1.93. The van der Waals surface area contributed by atoms with E-state index in [0.717, 1.165) is 6.20 Å². The highest BCUT2D eigenvalue weighted by Gasteiger charge is 2.19. The number of pyridine rings is 1. The highest BCUT2D eigenvalue weighted by molar-refractivity contribution is 5.36. The van der Waals surface area contributed by atoms with E-state index in [1.165, 1.54) is 6.92 Å². The SMILES string of the molecule is Cc1cnc(F)c(O)c1C(F)F. The van der Waals surface area contributed by atoms with Crippen LogP contribution < -0.4 is 0 Å². The van der Waals surface area contributed by atoms with Gasteiger partial charge in [0.1, 0.15) is 0 Å². The van der Waals surface area contributed by atoms with Crippen LogP contribution in [0.2, 0.25) is 0 Å². The number of aryl methyl sites for hydroxylation is 1. The van der Waals surface area contributed by atoms with Crippen molar-refractivity contribution >= 4 is 0 Å². The molecule has 0 fully saturated rings. The number of halogens is 3. The Labute approximate surface area is 66.7 Å². The van der Waals surface area contributed by atoms with Crippen molar-refractivity contribution in [1.82, 2.24) is 4.98 Å². The molecule has 0 spiro atoms. The Balaban J connectivity index is 3.33. The first-order valence-electron chi connectivity index (χ1n) is 3.16. The number of hydrogen-bond acceptors (Lipinski definition) is 2. The van der Waals surface area contributed by atoms with Crippen molar-refractivity contribution in [3.63, 3.8) is 0 Å². The summed E-state index contributed by atoms with van der Waals surface area (Å²) in [5.74, 6) is -2.33. The summed E-state index contributed by atoms with van der Waals surface area (Å²) < 4.78 is 36.7. The van der Waals surface area contributed by atoms with Gasteiger partial charge in [-0.25, -0.2) is 13.8 Å². The third-order valence-corrected chi connectivity index (χ3v) is 1.47. The molecule has 0 aliphatic carbocycles. The molecular formula is C7H6F3NO. The van der Waals surface area contributed by atoms with Crippen LogP contribution in [0.15, 0.2) is 6.20 Å². The summed E-state index contributed by atoms with van der Waals surface area (Å²) in [5, 5.41) is 8.83. The van der Waals surface area contributed by atoms with Crippen molar-refractivity contribution in [2.75, 3.05) is 0 Å². The second-order valence-electron chi connectivity index (χ2n) is 2.29. The number of alkyl halides is 2. The number of hydrogen-bond donors (Lipinski definition) is 1. The number of aromatic hydroxyl groups is 1. The monoisotopic (exact) mass is 177 g/mol. The predicted molar refractivity (Wildman–Crippen MR) is 35.6 cm³/mol. The fraction of sp³-hybridized carbons (Fsp3) is 0.286. The van der Waals surface area contributed by atoms with Crippen LogP contribution in [0, 0.1) is 12.9 Å². The van der Waals surface area contributed by atoms with Crippen molar-refractivity contribution in [1.29, 1.82) is 0 Å². The zero-order chi connectivity index (χ0) is 9.30. The minimum Gasteiger partial charge on any atom is -0.503 e. The Kier molecular flexibility index (Phi) is 2.21. The molecule has 0 unspecified atom stereocenters. The number of nitrogens with zero attached hydrogens (tertiary/aromatic N) is 1. The third-order valence-electron chi connectivity index (χ3n) is 1.47. The average molecular weight is 177 g/mol. The van der Waals surface area contributed by atoms with Crippen LogP contribution in [0.5, 0.6) is 5.75 Å². The van der Waals surface area contributed by atoms with Crippen LogP contribution in [-0.2, 0) is 0 Å². The first kappa shape index (κ1) is 8.83. The van der Waals surface area contributed by atoms with Crippen LogP contribution in [0.4, 0.5) is 13.2 Å². The zero-order valence-electron chi connectivity index (χ0n) is 6.18. The van der Waals surface area contributed by atoms with Gasteiger partial charge in [-0.05, 0) is 12.5 Å². The molecule has 0 aliphatic heterocycles. The Bertz CT molecular complexity index is 301. The quantitative estimate of drug-likeness (QED) is 0.667. The van der Waals surface area contributed by atoms with E-state index in [9.17, 15) is 13.2 Å². The van der Waals surface area contributed by atoms with Crippen molar-refractivity contribution in [2.45, 2.75) is 13.3 Å². The van der Waals surface area contributed by atoms with Crippen LogP contribution in [0.25, 0.3) is 0 Å². The zero-order valence-corrected chi connectivity index (χ0v) is 6.18.